The summed E-state index contributed by atoms with van der Waals surface area (Å²) in [5.41, 5.74) is -0.454. The van der Waals surface area contributed by atoms with Gasteiger partial charge in [0.05, 0.1) is 10.3 Å². The van der Waals surface area contributed by atoms with Crippen molar-refractivity contribution >= 4 is 49.9 Å². The fourth-order valence-corrected chi connectivity index (χ4v) is 6.69. The van der Waals surface area contributed by atoms with E-state index >= 15 is 0 Å². The molecule has 4 rings (SSSR count). The number of sulfonamides is 1. The zero-order valence-electron chi connectivity index (χ0n) is 19.3. The second-order valence-electron chi connectivity index (χ2n) is 9.56. The van der Waals surface area contributed by atoms with Gasteiger partial charge in [0.15, 0.2) is 5.13 Å². The van der Waals surface area contributed by atoms with E-state index in [9.17, 15) is 22.8 Å². The first-order valence-corrected chi connectivity index (χ1v) is 13.5. The number of anilines is 2. The minimum atomic E-state index is -3.77. The van der Waals surface area contributed by atoms with Gasteiger partial charge in [-0.15, -0.1) is 11.3 Å². The fraction of sp³-hybridized carbons (Fsp3) is 0.478. The van der Waals surface area contributed by atoms with Crippen LogP contribution in [0.1, 0.15) is 46.5 Å². The lowest BCUT2D eigenvalue weighted by Gasteiger charge is -2.47. The number of rotatable bonds is 8. The Morgan fingerprint density at radius 2 is 1.91 bits per heavy atom. The van der Waals surface area contributed by atoms with E-state index in [2.05, 4.69) is 15.0 Å². The second-order valence-corrected chi connectivity index (χ2v) is 12.1. The van der Waals surface area contributed by atoms with Crippen LogP contribution in [-0.2, 0) is 24.4 Å². The maximum Gasteiger partial charge on any atom is 0.263 e. The third-order valence-electron chi connectivity index (χ3n) is 7.40. The van der Waals surface area contributed by atoms with Crippen molar-refractivity contribution in [2.45, 2.75) is 51.3 Å². The molecular weight excluding hydrogens is 476 g/mol. The number of imide groups is 1. The molecule has 2 unspecified atom stereocenters. The van der Waals surface area contributed by atoms with Crippen LogP contribution < -0.4 is 10.0 Å². The molecule has 3 amide bonds. The predicted octanol–water partition coefficient (Wildman–Crippen LogP) is 3.47. The Kier molecular flexibility index (Phi) is 6.28. The van der Waals surface area contributed by atoms with Crippen LogP contribution in [0.2, 0.25) is 0 Å². The summed E-state index contributed by atoms with van der Waals surface area (Å²) in [4.78, 5) is 43.6. The van der Waals surface area contributed by atoms with Crippen LogP contribution in [0.3, 0.4) is 0 Å². The van der Waals surface area contributed by atoms with E-state index in [-0.39, 0.29) is 52.0 Å². The van der Waals surface area contributed by atoms with E-state index in [0.717, 1.165) is 6.42 Å². The maximum absolute atomic E-state index is 13.1. The van der Waals surface area contributed by atoms with E-state index in [4.69, 9.17) is 0 Å². The summed E-state index contributed by atoms with van der Waals surface area (Å²) < 4.78 is 27.2. The predicted molar refractivity (Wildman–Crippen MR) is 129 cm³/mol. The number of aromatic nitrogens is 1. The molecule has 2 heterocycles. The minimum absolute atomic E-state index is 0.0499. The molecule has 1 aliphatic heterocycles. The van der Waals surface area contributed by atoms with E-state index in [1.54, 1.807) is 5.38 Å². The van der Waals surface area contributed by atoms with Crippen molar-refractivity contribution < 1.29 is 22.8 Å². The van der Waals surface area contributed by atoms with Gasteiger partial charge in [-0.25, -0.2) is 13.4 Å². The number of hydrogen-bond acceptors (Lipinski definition) is 7. The molecule has 11 heteroatoms. The van der Waals surface area contributed by atoms with Crippen LogP contribution in [-0.4, -0.2) is 42.6 Å². The first-order chi connectivity index (χ1) is 16.0. The maximum atomic E-state index is 13.1. The third kappa shape index (κ3) is 4.22. The van der Waals surface area contributed by atoms with Crippen molar-refractivity contribution in [1.29, 1.82) is 0 Å². The van der Waals surface area contributed by atoms with E-state index < -0.39 is 15.4 Å². The van der Waals surface area contributed by atoms with E-state index in [0.29, 0.717) is 18.5 Å². The third-order valence-corrected chi connectivity index (χ3v) is 9.57. The Balaban J connectivity index is 1.30. The van der Waals surface area contributed by atoms with Gasteiger partial charge in [-0.3, -0.25) is 24.0 Å². The fourth-order valence-electron chi connectivity index (χ4n) is 4.90. The number of nitrogens with zero attached hydrogens (tertiary/aromatic N) is 2. The molecular formula is C23H28N4O5S2. The van der Waals surface area contributed by atoms with Crippen LogP contribution in [0, 0.1) is 16.7 Å². The molecule has 1 aromatic heterocycles. The van der Waals surface area contributed by atoms with E-state index in [1.807, 2.05) is 20.8 Å². The van der Waals surface area contributed by atoms with Crippen molar-refractivity contribution in [2.24, 2.45) is 16.7 Å². The molecule has 1 saturated heterocycles. The summed E-state index contributed by atoms with van der Waals surface area (Å²) in [6, 6.07) is 5.81. The topological polar surface area (TPSA) is 126 Å². The number of hydrogen-bond donors (Lipinski definition) is 2. The van der Waals surface area contributed by atoms with Gasteiger partial charge >= 0.3 is 0 Å². The van der Waals surface area contributed by atoms with Crippen LogP contribution in [0.15, 0.2) is 40.7 Å². The Morgan fingerprint density at radius 1 is 1.21 bits per heavy atom. The number of nitrogens with one attached hydrogen (secondary N) is 2. The highest BCUT2D eigenvalue weighted by atomic mass is 32.2. The normalized spacial score (nSPS) is 23.7. The van der Waals surface area contributed by atoms with Gasteiger partial charge in [0, 0.05) is 36.1 Å². The number of carbonyl (C=O) groups excluding carboxylic acids is 3. The zero-order chi connectivity index (χ0) is 24.7. The molecule has 2 fully saturated rings. The van der Waals surface area contributed by atoms with Gasteiger partial charge in [-0.2, -0.15) is 0 Å². The lowest BCUT2D eigenvalue weighted by molar-refractivity contribution is -0.168. The van der Waals surface area contributed by atoms with Gasteiger partial charge in [-0.1, -0.05) is 20.8 Å². The number of carbonyl (C=O) groups is 3. The Labute approximate surface area is 203 Å². The molecule has 2 N–H and O–H groups in total. The molecule has 0 spiro atoms. The number of fused-ring (bicyclic) bond motifs is 2. The van der Waals surface area contributed by atoms with E-state index in [1.165, 1.54) is 46.7 Å². The van der Waals surface area contributed by atoms with Crippen molar-refractivity contribution in [3.05, 3.63) is 35.8 Å². The first-order valence-electron chi connectivity index (χ1n) is 11.1. The quantitative estimate of drug-likeness (QED) is 0.530. The van der Waals surface area contributed by atoms with Crippen LogP contribution >= 0.6 is 11.3 Å². The van der Waals surface area contributed by atoms with Gasteiger partial charge < -0.3 is 5.32 Å². The summed E-state index contributed by atoms with van der Waals surface area (Å²) >= 11 is 1.17. The second kappa shape index (κ2) is 8.77. The molecule has 9 nitrogen and oxygen atoms in total. The molecule has 0 radical (unpaired) electrons. The molecule has 2 atom stereocenters. The number of benzene rings is 1. The Morgan fingerprint density at radius 3 is 2.56 bits per heavy atom. The Bertz CT molecular complexity index is 1210. The largest absolute Gasteiger partial charge is 0.326 e. The van der Waals surface area contributed by atoms with Crippen LogP contribution in [0.25, 0.3) is 0 Å². The highest BCUT2D eigenvalue weighted by molar-refractivity contribution is 7.93. The zero-order valence-corrected chi connectivity index (χ0v) is 21.0. The van der Waals surface area contributed by atoms with Gasteiger partial charge in [-0.05, 0) is 48.9 Å². The van der Waals surface area contributed by atoms with Crippen molar-refractivity contribution in [3.63, 3.8) is 0 Å². The molecule has 1 aliphatic carbocycles. The molecule has 1 saturated carbocycles. The molecule has 182 valence electrons. The highest BCUT2D eigenvalue weighted by Crippen LogP contribution is 2.60. The van der Waals surface area contributed by atoms with Crippen molar-refractivity contribution in [1.82, 2.24) is 9.88 Å². The van der Waals surface area contributed by atoms with Gasteiger partial charge in [0.1, 0.15) is 0 Å². The minimum Gasteiger partial charge on any atom is -0.326 e. The SMILES string of the molecule is CC12CCC(C(=O)N(CCCC(=O)Nc3ccc(S(=O)(=O)Nc4nccs4)cc3)C1=O)C2(C)C. The summed E-state index contributed by atoms with van der Waals surface area (Å²) in [6.07, 6.45) is 3.42. The Hall–Kier alpha value is -2.79. The highest BCUT2D eigenvalue weighted by Gasteiger charge is 2.64. The number of amides is 3. The van der Waals surface area contributed by atoms with Crippen molar-refractivity contribution in [2.75, 3.05) is 16.6 Å². The van der Waals surface area contributed by atoms with Gasteiger partial charge in [0.25, 0.3) is 10.0 Å². The lowest BCUT2D eigenvalue weighted by Crippen LogP contribution is -2.59. The molecule has 34 heavy (non-hydrogen) atoms. The average molecular weight is 505 g/mol. The number of thiazole rings is 1. The monoisotopic (exact) mass is 504 g/mol. The summed E-state index contributed by atoms with van der Waals surface area (Å²) in [6.45, 7) is 6.15. The first kappa shape index (κ1) is 24.3. The summed E-state index contributed by atoms with van der Waals surface area (Å²) in [5, 5.41) is 4.66. The van der Waals surface area contributed by atoms with Crippen molar-refractivity contribution in [3.8, 4) is 0 Å². The molecule has 2 aromatic rings. The van der Waals surface area contributed by atoms with Crippen LogP contribution in [0.4, 0.5) is 10.8 Å². The summed E-state index contributed by atoms with van der Waals surface area (Å²) in [7, 11) is -3.77. The smallest absolute Gasteiger partial charge is 0.263 e. The summed E-state index contributed by atoms with van der Waals surface area (Å²) in [5.74, 6) is -0.708. The number of piperidine rings is 1. The van der Waals surface area contributed by atoms with Gasteiger partial charge in [0.2, 0.25) is 17.7 Å². The molecule has 2 aliphatic rings. The lowest BCUT2D eigenvalue weighted by atomic mass is 9.62. The molecule has 2 bridgehead atoms. The standard InChI is InChI=1S/C23H28N4O5S2/c1-22(2)17-10-11-23(22,3)20(30)27(19(17)29)13-4-5-18(28)25-15-6-8-16(9-7-15)34(31,32)26-21-24-12-14-33-21/h6-9,12,14,17H,4-5,10-11,13H2,1-3H3,(H,24,26)(H,25,28). The van der Waals surface area contributed by atoms with Crippen LogP contribution in [0.5, 0.6) is 0 Å². The average Bonchev–Trinajstić information content (AvgIpc) is 3.33. The number of likely N-dealkylation sites (tertiary alicyclic amines) is 1. The molecule has 1 aromatic carbocycles.